The number of likely N-dealkylation sites (tertiary alicyclic amines) is 1. The first-order chi connectivity index (χ1) is 12.4. The first kappa shape index (κ1) is 19.1. The van der Waals surface area contributed by atoms with Gasteiger partial charge < -0.3 is 14.2 Å². The molecule has 0 spiro atoms. The molecule has 0 aliphatic carbocycles. The first-order valence-electron chi connectivity index (χ1n) is 7.76. The van der Waals surface area contributed by atoms with Gasteiger partial charge in [0.2, 0.25) is 5.88 Å². The molecule has 3 rings (SSSR count). The second-order valence-electron chi connectivity index (χ2n) is 6.27. The van der Waals surface area contributed by atoms with Crippen molar-refractivity contribution in [2.45, 2.75) is 25.9 Å². The number of alkyl halides is 5. The molecule has 1 aliphatic heterocycles. The van der Waals surface area contributed by atoms with Gasteiger partial charge in [0.15, 0.2) is 6.61 Å². The summed E-state index contributed by atoms with van der Waals surface area (Å²) in [5.74, 6) is -3.93. The zero-order chi connectivity index (χ0) is 20.1. The molecule has 148 valence electrons. The third kappa shape index (κ3) is 3.60. The maximum atomic E-state index is 13.1. The fraction of sp³-hybridized carbons (Fsp3) is 0.533. The molecular weight excluding hydrogens is 379 g/mol. The van der Waals surface area contributed by atoms with Crippen LogP contribution in [0.1, 0.15) is 21.8 Å². The van der Waals surface area contributed by atoms with Crippen LogP contribution in [-0.2, 0) is 7.05 Å². The number of amides is 1. The highest BCUT2D eigenvalue weighted by Crippen LogP contribution is 2.38. The molecule has 3 heterocycles. The van der Waals surface area contributed by atoms with E-state index >= 15 is 0 Å². The van der Waals surface area contributed by atoms with Gasteiger partial charge in [0.05, 0.1) is 24.3 Å². The smallest absolute Gasteiger partial charge is 0.422 e. The van der Waals surface area contributed by atoms with Gasteiger partial charge in [0, 0.05) is 7.05 Å². The molecule has 1 saturated heterocycles. The van der Waals surface area contributed by atoms with Gasteiger partial charge in [-0.2, -0.15) is 18.3 Å². The largest absolute Gasteiger partial charge is 0.468 e. The predicted molar refractivity (Wildman–Crippen MR) is 80.6 cm³/mol. The van der Waals surface area contributed by atoms with E-state index in [1.807, 2.05) is 0 Å². The van der Waals surface area contributed by atoms with Gasteiger partial charge in [-0.25, -0.2) is 13.5 Å². The van der Waals surface area contributed by atoms with Crippen molar-refractivity contribution >= 4 is 5.91 Å². The summed E-state index contributed by atoms with van der Waals surface area (Å²) in [6.45, 7) is -0.175. The number of aryl methyl sites for hydroxylation is 3. The number of carbonyl (C=O) groups is 1. The van der Waals surface area contributed by atoms with E-state index in [4.69, 9.17) is 9.26 Å². The van der Waals surface area contributed by atoms with Crippen molar-refractivity contribution in [1.82, 2.24) is 19.8 Å². The van der Waals surface area contributed by atoms with Gasteiger partial charge in [-0.1, -0.05) is 5.16 Å². The number of rotatable bonds is 4. The molecule has 0 radical (unpaired) electrons. The highest BCUT2D eigenvalue weighted by Gasteiger charge is 2.47. The molecule has 0 N–H and O–H groups in total. The zero-order valence-electron chi connectivity index (χ0n) is 14.5. The lowest BCUT2D eigenvalue weighted by Crippen LogP contribution is -2.58. The van der Waals surface area contributed by atoms with Crippen LogP contribution in [-0.4, -0.2) is 57.5 Å². The Morgan fingerprint density at radius 3 is 2.48 bits per heavy atom. The number of hydrogen-bond acceptors (Lipinski definition) is 5. The standard InChI is InChI=1S/C15H15F5N4O3/c1-7-9(13(23(3)21-7)26-6-15(18,19)20)11-10(8(2)27-22-11)12(25)24-4-14(16,17)5-24/h4-6H2,1-3H3. The van der Waals surface area contributed by atoms with Crippen molar-refractivity contribution in [3.05, 3.63) is 17.0 Å². The van der Waals surface area contributed by atoms with E-state index in [9.17, 15) is 26.7 Å². The van der Waals surface area contributed by atoms with Gasteiger partial charge in [0.25, 0.3) is 11.8 Å². The minimum atomic E-state index is -4.59. The van der Waals surface area contributed by atoms with Crippen LogP contribution in [0.25, 0.3) is 11.3 Å². The third-order valence-corrected chi connectivity index (χ3v) is 3.99. The monoisotopic (exact) mass is 394 g/mol. The zero-order valence-corrected chi connectivity index (χ0v) is 14.5. The Morgan fingerprint density at radius 2 is 1.93 bits per heavy atom. The average molecular weight is 394 g/mol. The second kappa shape index (κ2) is 6.20. The van der Waals surface area contributed by atoms with Crippen molar-refractivity contribution in [2.75, 3.05) is 19.7 Å². The summed E-state index contributed by atoms with van der Waals surface area (Å²) in [6.07, 6.45) is -4.59. The van der Waals surface area contributed by atoms with Crippen LogP contribution < -0.4 is 4.74 Å². The molecule has 1 fully saturated rings. The van der Waals surface area contributed by atoms with Gasteiger partial charge >= 0.3 is 6.18 Å². The van der Waals surface area contributed by atoms with E-state index in [1.165, 1.54) is 20.9 Å². The highest BCUT2D eigenvalue weighted by molar-refractivity contribution is 6.02. The number of ether oxygens (including phenoxy) is 1. The summed E-state index contributed by atoms with van der Waals surface area (Å²) in [5, 5.41) is 7.74. The summed E-state index contributed by atoms with van der Waals surface area (Å²) in [6, 6.07) is 0. The van der Waals surface area contributed by atoms with Crippen molar-refractivity contribution < 1.29 is 36.0 Å². The fourth-order valence-electron chi connectivity index (χ4n) is 2.83. The maximum Gasteiger partial charge on any atom is 0.422 e. The van der Waals surface area contributed by atoms with Crippen LogP contribution in [0.15, 0.2) is 4.52 Å². The number of aromatic nitrogens is 3. The first-order valence-corrected chi connectivity index (χ1v) is 7.76. The van der Waals surface area contributed by atoms with Crippen LogP contribution >= 0.6 is 0 Å². The molecule has 0 bridgehead atoms. The molecule has 0 saturated carbocycles. The van der Waals surface area contributed by atoms with Crippen molar-refractivity contribution in [3.8, 4) is 17.1 Å². The quantitative estimate of drug-likeness (QED) is 0.746. The number of nitrogens with zero attached hydrogens (tertiary/aromatic N) is 4. The van der Waals surface area contributed by atoms with Crippen molar-refractivity contribution in [2.24, 2.45) is 7.05 Å². The molecule has 7 nitrogen and oxygen atoms in total. The van der Waals surface area contributed by atoms with E-state index in [0.717, 1.165) is 9.58 Å². The predicted octanol–water partition coefficient (Wildman–Crippen LogP) is 2.72. The van der Waals surface area contributed by atoms with E-state index in [2.05, 4.69) is 10.3 Å². The van der Waals surface area contributed by atoms with Gasteiger partial charge in [-0.15, -0.1) is 0 Å². The molecule has 27 heavy (non-hydrogen) atoms. The summed E-state index contributed by atoms with van der Waals surface area (Å²) in [5.41, 5.74) is 0.0640. The maximum absolute atomic E-state index is 13.1. The van der Waals surface area contributed by atoms with Gasteiger partial charge in [-0.3, -0.25) is 4.79 Å². The van der Waals surface area contributed by atoms with E-state index in [-0.39, 0.29) is 34.2 Å². The number of carbonyl (C=O) groups excluding carboxylic acids is 1. The normalized spacial score (nSPS) is 16.4. The molecule has 2 aromatic heterocycles. The molecule has 1 aliphatic rings. The van der Waals surface area contributed by atoms with Gasteiger partial charge in [-0.05, 0) is 13.8 Å². The minimum absolute atomic E-state index is 0.0363. The SMILES string of the molecule is Cc1nn(C)c(OCC(F)(F)F)c1-c1noc(C)c1C(=O)N1CC(F)(F)C1. The highest BCUT2D eigenvalue weighted by atomic mass is 19.4. The summed E-state index contributed by atoms with van der Waals surface area (Å²) in [4.78, 5) is 13.5. The molecule has 12 heteroatoms. The Morgan fingerprint density at radius 1 is 1.30 bits per heavy atom. The number of hydrogen-bond donors (Lipinski definition) is 0. The Labute approximate surface area is 149 Å². The van der Waals surface area contributed by atoms with Crippen LogP contribution in [0.2, 0.25) is 0 Å². The second-order valence-corrected chi connectivity index (χ2v) is 6.27. The van der Waals surface area contributed by atoms with Gasteiger partial charge in [0.1, 0.15) is 17.0 Å². The Hall–Kier alpha value is -2.66. The third-order valence-electron chi connectivity index (χ3n) is 3.99. The van der Waals surface area contributed by atoms with Crippen LogP contribution in [0.5, 0.6) is 5.88 Å². The Kier molecular flexibility index (Phi) is 4.39. The van der Waals surface area contributed by atoms with Crippen molar-refractivity contribution in [3.63, 3.8) is 0 Å². The van der Waals surface area contributed by atoms with E-state index in [0.29, 0.717) is 0 Å². The number of halogens is 5. The summed E-state index contributed by atoms with van der Waals surface area (Å²) >= 11 is 0. The van der Waals surface area contributed by atoms with Crippen LogP contribution in [0, 0.1) is 13.8 Å². The molecule has 2 aromatic rings. The average Bonchev–Trinajstić information content (AvgIpc) is 3.00. The lowest BCUT2D eigenvalue weighted by Gasteiger charge is -2.38. The molecule has 0 aromatic carbocycles. The van der Waals surface area contributed by atoms with Crippen molar-refractivity contribution in [1.29, 1.82) is 0 Å². The topological polar surface area (TPSA) is 73.4 Å². The molecule has 1 amide bonds. The Balaban J connectivity index is 2.00. The molecular formula is C15H15F5N4O3. The minimum Gasteiger partial charge on any atom is -0.468 e. The molecule has 0 unspecified atom stereocenters. The Bertz CT molecular complexity index is 879. The summed E-state index contributed by atoms with van der Waals surface area (Å²) in [7, 11) is 1.37. The van der Waals surface area contributed by atoms with Crippen LogP contribution in [0.4, 0.5) is 22.0 Å². The van der Waals surface area contributed by atoms with E-state index < -0.39 is 37.7 Å². The van der Waals surface area contributed by atoms with Crippen LogP contribution in [0.3, 0.4) is 0 Å². The molecule has 0 atom stereocenters. The lowest BCUT2D eigenvalue weighted by molar-refractivity contribution is -0.154. The fourth-order valence-corrected chi connectivity index (χ4v) is 2.83. The van der Waals surface area contributed by atoms with E-state index in [1.54, 1.807) is 0 Å². The lowest BCUT2D eigenvalue weighted by atomic mass is 10.0. The summed E-state index contributed by atoms with van der Waals surface area (Å²) < 4.78 is 74.7.